The lowest BCUT2D eigenvalue weighted by Gasteiger charge is -2.26. The molecule has 10 heteroatoms. The highest BCUT2D eigenvalue weighted by molar-refractivity contribution is 6.31. The highest BCUT2D eigenvalue weighted by Crippen LogP contribution is 2.35. The molecule has 0 saturated carbocycles. The van der Waals surface area contributed by atoms with Crippen LogP contribution in [0.1, 0.15) is 19.3 Å². The topological polar surface area (TPSA) is 105 Å². The van der Waals surface area contributed by atoms with Gasteiger partial charge in [-0.1, -0.05) is 18.0 Å². The van der Waals surface area contributed by atoms with E-state index in [0.717, 1.165) is 19.6 Å². The van der Waals surface area contributed by atoms with Crippen LogP contribution in [0.25, 0.3) is 0 Å². The second-order valence-electron chi connectivity index (χ2n) is 6.48. The summed E-state index contributed by atoms with van der Waals surface area (Å²) in [6.07, 6.45) is 4.95. The predicted octanol–water partition coefficient (Wildman–Crippen LogP) is 3.69. The molecular weight excluding hydrogens is 384 g/mol. The summed E-state index contributed by atoms with van der Waals surface area (Å²) in [5.74, 6) is 0.749. The van der Waals surface area contributed by atoms with E-state index in [1.54, 1.807) is 18.2 Å². The number of hydrogen-bond donors (Lipinski definition) is 2. The van der Waals surface area contributed by atoms with Crippen molar-refractivity contribution in [1.82, 2.24) is 14.9 Å². The van der Waals surface area contributed by atoms with Crippen molar-refractivity contribution >= 4 is 34.6 Å². The second-order valence-corrected chi connectivity index (χ2v) is 6.91. The number of anilines is 3. The maximum atomic E-state index is 11.7. The first-order chi connectivity index (χ1) is 13.6. The van der Waals surface area contributed by atoms with Crippen LogP contribution in [0, 0.1) is 10.1 Å². The molecule has 28 heavy (non-hydrogen) atoms. The molecule has 2 N–H and O–H groups in total. The Morgan fingerprint density at radius 2 is 2.00 bits per heavy atom. The Kier molecular flexibility index (Phi) is 6.83. The van der Waals surface area contributed by atoms with Crippen LogP contribution in [-0.4, -0.2) is 53.1 Å². The highest BCUT2D eigenvalue weighted by Gasteiger charge is 2.24. The summed E-state index contributed by atoms with van der Waals surface area (Å²) < 4.78 is 5.28. The van der Waals surface area contributed by atoms with Gasteiger partial charge in [-0.15, -0.1) is 0 Å². The van der Waals surface area contributed by atoms with Gasteiger partial charge in [0.05, 0.1) is 17.7 Å². The van der Waals surface area contributed by atoms with Crippen molar-refractivity contribution in [3.8, 4) is 5.75 Å². The summed E-state index contributed by atoms with van der Waals surface area (Å²) in [7, 11) is 1.51. The number of benzene rings is 1. The SMILES string of the molecule is COc1ccc(Cl)cc1Nc1ncnc(NCCN2CCCCC2)c1[N+](=O)[O-]. The van der Waals surface area contributed by atoms with Gasteiger partial charge in [0.25, 0.3) is 0 Å². The molecule has 0 bridgehead atoms. The molecular formula is C18H23ClN6O3. The smallest absolute Gasteiger partial charge is 0.353 e. The second kappa shape index (κ2) is 9.52. The van der Waals surface area contributed by atoms with Gasteiger partial charge in [-0.25, -0.2) is 9.97 Å². The van der Waals surface area contributed by atoms with Crippen LogP contribution in [0.4, 0.5) is 23.0 Å². The van der Waals surface area contributed by atoms with Crippen molar-refractivity contribution in [1.29, 1.82) is 0 Å². The molecule has 150 valence electrons. The molecule has 3 rings (SSSR count). The molecule has 0 unspecified atom stereocenters. The molecule has 2 aromatic rings. The fraction of sp³-hybridized carbons (Fsp3) is 0.444. The molecule has 0 aliphatic carbocycles. The van der Waals surface area contributed by atoms with E-state index in [1.165, 1.54) is 32.7 Å². The summed E-state index contributed by atoms with van der Waals surface area (Å²) in [5, 5.41) is 18.2. The van der Waals surface area contributed by atoms with Crippen molar-refractivity contribution in [2.24, 2.45) is 0 Å². The molecule has 9 nitrogen and oxygen atoms in total. The first kappa shape index (κ1) is 20.1. The van der Waals surface area contributed by atoms with E-state index >= 15 is 0 Å². The zero-order valence-corrected chi connectivity index (χ0v) is 16.4. The Balaban J connectivity index is 1.77. The number of halogens is 1. The number of nitrogens with one attached hydrogen (secondary N) is 2. The Labute approximate surface area is 168 Å². The quantitative estimate of drug-likeness (QED) is 0.505. The fourth-order valence-corrected chi connectivity index (χ4v) is 3.37. The van der Waals surface area contributed by atoms with E-state index in [-0.39, 0.29) is 17.3 Å². The summed E-state index contributed by atoms with van der Waals surface area (Å²) in [4.78, 5) is 21.7. The number of nitrogens with zero attached hydrogens (tertiary/aromatic N) is 4. The third kappa shape index (κ3) is 4.99. The van der Waals surface area contributed by atoms with Crippen molar-refractivity contribution in [3.05, 3.63) is 39.7 Å². The van der Waals surface area contributed by atoms with Gasteiger partial charge in [0.1, 0.15) is 12.1 Å². The fourth-order valence-electron chi connectivity index (χ4n) is 3.19. The van der Waals surface area contributed by atoms with Gasteiger partial charge in [-0.3, -0.25) is 10.1 Å². The van der Waals surface area contributed by atoms with Gasteiger partial charge in [0, 0.05) is 18.1 Å². The Bertz CT molecular complexity index is 829. The molecule has 1 fully saturated rings. The van der Waals surface area contributed by atoms with Crippen LogP contribution in [0.5, 0.6) is 5.75 Å². The molecule has 2 heterocycles. The van der Waals surface area contributed by atoms with Gasteiger partial charge in [-0.05, 0) is 44.1 Å². The maximum Gasteiger partial charge on any atom is 0.353 e. The van der Waals surface area contributed by atoms with Gasteiger partial charge < -0.3 is 20.3 Å². The zero-order chi connectivity index (χ0) is 19.9. The van der Waals surface area contributed by atoms with Gasteiger partial charge in [0.2, 0.25) is 11.6 Å². The Morgan fingerprint density at radius 1 is 1.25 bits per heavy atom. The minimum Gasteiger partial charge on any atom is -0.495 e. The lowest BCUT2D eigenvalue weighted by atomic mass is 10.1. The Morgan fingerprint density at radius 3 is 2.71 bits per heavy atom. The van der Waals surface area contributed by atoms with E-state index in [2.05, 4.69) is 25.5 Å². The van der Waals surface area contributed by atoms with E-state index < -0.39 is 4.92 Å². The standard InChI is InChI=1S/C18H23ClN6O3/c1-28-15-6-5-13(19)11-14(15)23-18-16(25(26)27)17(21-12-22-18)20-7-10-24-8-3-2-4-9-24/h5-6,11-12H,2-4,7-10H2,1H3,(H2,20,21,22,23). The number of hydrogen-bond acceptors (Lipinski definition) is 8. The lowest BCUT2D eigenvalue weighted by Crippen LogP contribution is -2.33. The van der Waals surface area contributed by atoms with Crippen LogP contribution < -0.4 is 15.4 Å². The van der Waals surface area contributed by atoms with Crippen molar-refractivity contribution in [2.45, 2.75) is 19.3 Å². The van der Waals surface area contributed by atoms with E-state index in [1.807, 2.05) is 0 Å². The van der Waals surface area contributed by atoms with Crippen molar-refractivity contribution in [2.75, 3.05) is 43.9 Å². The minimum absolute atomic E-state index is 0.0704. The van der Waals surface area contributed by atoms with Crippen LogP contribution in [0.2, 0.25) is 5.02 Å². The van der Waals surface area contributed by atoms with Crippen LogP contribution in [0.3, 0.4) is 0 Å². The largest absolute Gasteiger partial charge is 0.495 e. The minimum atomic E-state index is -0.497. The molecule has 1 saturated heterocycles. The number of rotatable bonds is 8. The van der Waals surface area contributed by atoms with Crippen molar-refractivity contribution in [3.63, 3.8) is 0 Å². The predicted molar refractivity (Wildman–Crippen MR) is 109 cm³/mol. The number of aromatic nitrogens is 2. The van der Waals surface area contributed by atoms with Crippen LogP contribution in [0.15, 0.2) is 24.5 Å². The monoisotopic (exact) mass is 406 g/mol. The average molecular weight is 407 g/mol. The van der Waals surface area contributed by atoms with Gasteiger partial charge in [-0.2, -0.15) is 0 Å². The van der Waals surface area contributed by atoms with E-state index in [0.29, 0.717) is 23.0 Å². The van der Waals surface area contributed by atoms with E-state index in [9.17, 15) is 10.1 Å². The summed E-state index contributed by atoms with van der Waals surface area (Å²) >= 11 is 6.04. The Hall–Kier alpha value is -2.65. The zero-order valence-electron chi connectivity index (χ0n) is 15.7. The van der Waals surface area contributed by atoms with Crippen LogP contribution in [-0.2, 0) is 0 Å². The third-order valence-electron chi connectivity index (χ3n) is 4.59. The molecule has 0 atom stereocenters. The molecule has 1 aromatic carbocycles. The van der Waals surface area contributed by atoms with Crippen molar-refractivity contribution < 1.29 is 9.66 Å². The molecule has 0 amide bonds. The summed E-state index contributed by atoms with van der Waals surface area (Å²) in [6, 6.07) is 4.97. The number of likely N-dealkylation sites (tertiary alicyclic amines) is 1. The number of nitro groups is 1. The lowest BCUT2D eigenvalue weighted by molar-refractivity contribution is -0.383. The number of piperidine rings is 1. The summed E-state index contributed by atoms with van der Waals surface area (Å²) in [6.45, 7) is 3.51. The molecule has 0 radical (unpaired) electrons. The molecule has 1 aliphatic heterocycles. The summed E-state index contributed by atoms with van der Waals surface area (Å²) in [5.41, 5.74) is 0.263. The normalized spacial score (nSPS) is 14.5. The molecule has 1 aliphatic rings. The molecule has 0 spiro atoms. The number of methoxy groups -OCH3 is 1. The third-order valence-corrected chi connectivity index (χ3v) is 4.82. The van der Waals surface area contributed by atoms with Gasteiger partial charge in [0.15, 0.2) is 0 Å². The maximum absolute atomic E-state index is 11.7. The first-order valence-electron chi connectivity index (χ1n) is 9.14. The average Bonchev–Trinajstić information content (AvgIpc) is 2.69. The number of ether oxygens (including phenoxy) is 1. The molecule has 1 aromatic heterocycles. The van der Waals surface area contributed by atoms with Gasteiger partial charge >= 0.3 is 5.69 Å². The highest BCUT2D eigenvalue weighted by atomic mass is 35.5. The first-order valence-corrected chi connectivity index (χ1v) is 9.52. The van der Waals surface area contributed by atoms with Crippen LogP contribution >= 0.6 is 11.6 Å². The van der Waals surface area contributed by atoms with E-state index in [4.69, 9.17) is 16.3 Å².